The molecule has 3 heteroatoms. The Morgan fingerprint density at radius 2 is 2.10 bits per heavy atom. The van der Waals surface area contributed by atoms with E-state index in [0.717, 1.165) is 19.4 Å². The Morgan fingerprint density at radius 1 is 1.33 bits per heavy atom. The van der Waals surface area contributed by atoms with E-state index in [0.29, 0.717) is 24.9 Å². The number of anilines is 1. The molecule has 1 N–H and O–H groups in total. The van der Waals surface area contributed by atoms with Gasteiger partial charge in [-0.25, -0.2) is 0 Å². The number of rotatable bonds is 5. The fourth-order valence-corrected chi connectivity index (χ4v) is 3.68. The van der Waals surface area contributed by atoms with Crippen molar-refractivity contribution in [1.29, 1.82) is 0 Å². The molecule has 1 atom stereocenters. The number of carbonyl (C=O) groups is 1. The zero-order chi connectivity index (χ0) is 14.7. The highest BCUT2D eigenvalue weighted by Gasteiger charge is 2.30. The van der Waals surface area contributed by atoms with Gasteiger partial charge in [-0.3, -0.25) is 4.79 Å². The monoisotopic (exact) mass is 284 g/mol. The number of fused-ring (bicyclic) bond motifs is 1. The number of hydrogen-bond donors (Lipinski definition) is 1. The van der Waals surface area contributed by atoms with Gasteiger partial charge in [-0.2, -0.15) is 0 Å². The van der Waals surface area contributed by atoms with Gasteiger partial charge < -0.3 is 10.2 Å². The molecule has 0 aromatic heterocycles. The average Bonchev–Trinajstić information content (AvgIpc) is 3.15. The van der Waals surface area contributed by atoms with Gasteiger partial charge in [-0.05, 0) is 24.5 Å². The molecule has 0 spiro atoms. The third-order valence-corrected chi connectivity index (χ3v) is 4.77. The number of para-hydroxylation sites is 1. The summed E-state index contributed by atoms with van der Waals surface area (Å²) in [5.74, 6) is 0.590. The zero-order valence-electron chi connectivity index (χ0n) is 12.6. The number of benzene rings is 1. The van der Waals surface area contributed by atoms with Crippen LogP contribution in [0.3, 0.4) is 0 Å². The predicted molar refractivity (Wildman–Crippen MR) is 86.5 cm³/mol. The molecule has 1 amide bonds. The van der Waals surface area contributed by atoms with Crippen LogP contribution in [-0.4, -0.2) is 29.9 Å². The van der Waals surface area contributed by atoms with Crippen molar-refractivity contribution in [2.45, 2.75) is 44.1 Å². The van der Waals surface area contributed by atoms with E-state index in [2.05, 4.69) is 35.0 Å². The molecule has 1 fully saturated rings. The molecular formula is C18H24N2O. The Bertz CT molecular complexity index is 520. The summed E-state index contributed by atoms with van der Waals surface area (Å²) in [6, 6.07) is 8.76. The number of nitrogens with zero attached hydrogens (tertiary/aromatic N) is 1. The van der Waals surface area contributed by atoms with Crippen molar-refractivity contribution in [1.82, 2.24) is 4.90 Å². The minimum Gasteiger partial charge on any atom is -0.384 e. The Kier molecular flexibility index (Phi) is 4.28. The maximum absolute atomic E-state index is 12.7. The van der Waals surface area contributed by atoms with Crippen LogP contribution < -0.4 is 5.32 Å². The van der Waals surface area contributed by atoms with Crippen LogP contribution in [0.2, 0.25) is 0 Å². The number of nitrogens with one attached hydrogen (secondary N) is 1. The summed E-state index contributed by atoms with van der Waals surface area (Å²) in [5.41, 5.74) is 2.47. The summed E-state index contributed by atoms with van der Waals surface area (Å²) >= 11 is 0. The molecule has 3 rings (SSSR count). The Balaban J connectivity index is 1.68. The maximum atomic E-state index is 12.7. The van der Waals surface area contributed by atoms with Crippen LogP contribution >= 0.6 is 0 Å². The molecule has 1 aliphatic heterocycles. The molecule has 1 aliphatic carbocycles. The van der Waals surface area contributed by atoms with Crippen molar-refractivity contribution < 1.29 is 4.79 Å². The summed E-state index contributed by atoms with van der Waals surface area (Å²) < 4.78 is 0. The fraction of sp³-hybridized carbons (Fsp3) is 0.500. The van der Waals surface area contributed by atoms with E-state index in [4.69, 9.17) is 0 Å². The van der Waals surface area contributed by atoms with Crippen LogP contribution in [0.1, 0.15) is 43.6 Å². The molecule has 112 valence electrons. The number of carbonyl (C=O) groups excluding carboxylic acids is 1. The van der Waals surface area contributed by atoms with E-state index in [1.54, 1.807) is 0 Å². The van der Waals surface area contributed by atoms with Gasteiger partial charge in [-0.15, -0.1) is 6.58 Å². The number of amides is 1. The van der Waals surface area contributed by atoms with Crippen molar-refractivity contribution in [3.05, 3.63) is 42.5 Å². The first kappa shape index (κ1) is 14.2. The molecule has 1 heterocycles. The lowest BCUT2D eigenvalue weighted by Gasteiger charge is -2.29. The summed E-state index contributed by atoms with van der Waals surface area (Å²) in [7, 11) is 0. The van der Waals surface area contributed by atoms with E-state index < -0.39 is 0 Å². The SMILES string of the molecule is C=CCN(C(=O)CC1CNc2ccccc21)C1CCCC1. The van der Waals surface area contributed by atoms with Crippen molar-refractivity contribution >= 4 is 11.6 Å². The molecule has 0 radical (unpaired) electrons. The van der Waals surface area contributed by atoms with Gasteiger partial charge in [0.15, 0.2) is 0 Å². The van der Waals surface area contributed by atoms with Crippen LogP contribution in [0.5, 0.6) is 0 Å². The normalized spacial score (nSPS) is 20.9. The van der Waals surface area contributed by atoms with Gasteiger partial charge in [-0.1, -0.05) is 37.1 Å². The first-order chi connectivity index (χ1) is 10.3. The van der Waals surface area contributed by atoms with Gasteiger partial charge >= 0.3 is 0 Å². The minimum atomic E-state index is 0.283. The second kappa shape index (κ2) is 6.33. The van der Waals surface area contributed by atoms with Gasteiger partial charge in [0, 0.05) is 37.2 Å². The molecule has 21 heavy (non-hydrogen) atoms. The Hall–Kier alpha value is -1.77. The third kappa shape index (κ3) is 2.97. The van der Waals surface area contributed by atoms with Crippen LogP contribution in [-0.2, 0) is 4.79 Å². The van der Waals surface area contributed by atoms with Gasteiger partial charge in [0.1, 0.15) is 0 Å². The van der Waals surface area contributed by atoms with Crippen LogP contribution in [0.4, 0.5) is 5.69 Å². The smallest absolute Gasteiger partial charge is 0.223 e. The highest BCUT2D eigenvalue weighted by atomic mass is 16.2. The van der Waals surface area contributed by atoms with Gasteiger partial charge in [0.2, 0.25) is 5.91 Å². The summed E-state index contributed by atoms with van der Waals surface area (Å²) in [5, 5.41) is 3.41. The first-order valence-electron chi connectivity index (χ1n) is 8.02. The van der Waals surface area contributed by atoms with Crippen molar-refractivity contribution in [2.24, 2.45) is 0 Å². The molecule has 1 saturated carbocycles. The molecular weight excluding hydrogens is 260 g/mol. The molecule has 1 aromatic carbocycles. The predicted octanol–water partition coefficient (Wildman–Crippen LogP) is 3.54. The Morgan fingerprint density at radius 3 is 2.86 bits per heavy atom. The molecule has 3 nitrogen and oxygen atoms in total. The second-order valence-electron chi connectivity index (χ2n) is 6.14. The maximum Gasteiger partial charge on any atom is 0.223 e. The first-order valence-corrected chi connectivity index (χ1v) is 8.02. The molecule has 1 unspecified atom stereocenters. The molecule has 1 aromatic rings. The van der Waals surface area contributed by atoms with E-state index in [-0.39, 0.29) is 5.91 Å². The quantitative estimate of drug-likeness (QED) is 0.839. The third-order valence-electron chi connectivity index (χ3n) is 4.77. The largest absolute Gasteiger partial charge is 0.384 e. The fourth-order valence-electron chi connectivity index (χ4n) is 3.68. The standard InChI is InChI=1S/C18H24N2O/c1-2-11-20(15-7-3-4-8-15)18(21)12-14-13-19-17-10-6-5-9-16(14)17/h2,5-6,9-10,14-15,19H,1,3-4,7-8,11-13H2. The topological polar surface area (TPSA) is 32.3 Å². The van der Waals surface area contributed by atoms with E-state index in [9.17, 15) is 4.79 Å². The highest BCUT2D eigenvalue weighted by Crippen LogP contribution is 2.34. The molecule has 2 aliphatic rings. The highest BCUT2D eigenvalue weighted by molar-refractivity contribution is 5.79. The van der Waals surface area contributed by atoms with Crippen molar-refractivity contribution in [3.8, 4) is 0 Å². The molecule has 0 bridgehead atoms. The lowest BCUT2D eigenvalue weighted by Crippen LogP contribution is -2.39. The van der Waals surface area contributed by atoms with E-state index in [1.165, 1.54) is 24.1 Å². The molecule has 0 saturated heterocycles. The average molecular weight is 284 g/mol. The van der Waals surface area contributed by atoms with Crippen molar-refractivity contribution in [3.63, 3.8) is 0 Å². The number of hydrogen-bond acceptors (Lipinski definition) is 2. The van der Waals surface area contributed by atoms with Crippen LogP contribution in [0.25, 0.3) is 0 Å². The summed E-state index contributed by atoms with van der Waals surface area (Å²) in [6.45, 7) is 5.37. The Labute approximate surface area is 127 Å². The van der Waals surface area contributed by atoms with E-state index in [1.807, 2.05) is 12.1 Å². The second-order valence-corrected chi connectivity index (χ2v) is 6.14. The van der Waals surface area contributed by atoms with Crippen LogP contribution in [0.15, 0.2) is 36.9 Å². The summed E-state index contributed by atoms with van der Waals surface area (Å²) in [4.78, 5) is 14.8. The van der Waals surface area contributed by atoms with Gasteiger partial charge in [0.25, 0.3) is 0 Å². The van der Waals surface area contributed by atoms with E-state index >= 15 is 0 Å². The minimum absolute atomic E-state index is 0.283. The lowest BCUT2D eigenvalue weighted by molar-refractivity contribution is -0.133. The van der Waals surface area contributed by atoms with Crippen molar-refractivity contribution in [2.75, 3.05) is 18.4 Å². The zero-order valence-corrected chi connectivity index (χ0v) is 12.6. The van der Waals surface area contributed by atoms with Crippen LogP contribution in [0, 0.1) is 0 Å². The van der Waals surface area contributed by atoms with Gasteiger partial charge in [0.05, 0.1) is 0 Å². The summed E-state index contributed by atoms with van der Waals surface area (Å²) in [6.07, 6.45) is 7.27. The lowest BCUT2D eigenvalue weighted by atomic mass is 9.97.